The molecule has 2 N–H and O–H groups in total. The van der Waals surface area contributed by atoms with Crippen LogP contribution < -0.4 is 14.8 Å². The van der Waals surface area contributed by atoms with E-state index in [4.69, 9.17) is 14.2 Å². The number of carbonyl (C=O) groups is 1. The zero-order valence-corrected chi connectivity index (χ0v) is 22.9. The van der Waals surface area contributed by atoms with Gasteiger partial charge in [0.25, 0.3) is 5.91 Å². The number of rotatable bonds is 3. The second-order valence-corrected chi connectivity index (χ2v) is 10.8. The van der Waals surface area contributed by atoms with E-state index in [1.54, 1.807) is 23.1 Å². The van der Waals surface area contributed by atoms with Gasteiger partial charge in [-0.05, 0) is 68.3 Å². The van der Waals surface area contributed by atoms with Crippen LogP contribution in [0.15, 0.2) is 48.5 Å². The number of phenols is 1. The van der Waals surface area contributed by atoms with E-state index in [9.17, 15) is 14.3 Å². The minimum Gasteiger partial charge on any atom is -0.504 e. The summed E-state index contributed by atoms with van der Waals surface area (Å²) in [5.74, 6) is 0.577. The molecule has 7 nitrogen and oxygen atoms in total. The number of fused-ring (bicyclic) bond motifs is 5. The van der Waals surface area contributed by atoms with Crippen LogP contribution in [0.5, 0.6) is 17.2 Å². The highest BCUT2D eigenvalue weighted by molar-refractivity contribution is 6.04. The molecule has 3 aromatic rings. The van der Waals surface area contributed by atoms with Gasteiger partial charge in [0.1, 0.15) is 17.3 Å². The number of morpholine rings is 1. The van der Waals surface area contributed by atoms with Crippen molar-refractivity contribution in [1.29, 1.82) is 0 Å². The summed E-state index contributed by atoms with van der Waals surface area (Å²) in [5, 5.41) is 14.2. The Hall–Kier alpha value is -4.30. The number of aromatic hydroxyl groups is 1. The molecule has 0 unspecified atom stereocenters. The van der Waals surface area contributed by atoms with Gasteiger partial charge in [-0.1, -0.05) is 18.2 Å². The third-order valence-corrected chi connectivity index (χ3v) is 7.50. The molecule has 0 spiro atoms. The van der Waals surface area contributed by atoms with E-state index in [1.165, 1.54) is 25.3 Å². The highest BCUT2D eigenvalue weighted by atomic mass is 19.1. The Labute approximate surface area is 232 Å². The molecule has 3 aliphatic rings. The standard InChI is InChI=1S/C32H31FN2O5/c1-18-17-32(2,3)34-23-8-7-21-28(27(18)23)26(40-25-10-9-24(36)30(38-4)29(21)25)15-19-5-6-20(33)16-22(19)31(37)35-11-13-39-14-12-35/h5-10,15-17,34,36H,11-14H2,1-4H3. The highest BCUT2D eigenvalue weighted by Gasteiger charge is 2.34. The van der Waals surface area contributed by atoms with E-state index >= 15 is 0 Å². The van der Waals surface area contributed by atoms with Crippen molar-refractivity contribution >= 4 is 29.0 Å². The molecule has 0 bridgehead atoms. The number of carbonyl (C=O) groups excluding carboxylic acids is 1. The number of phenolic OH excluding ortho intramolecular Hbond substituents is 1. The van der Waals surface area contributed by atoms with Gasteiger partial charge < -0.3 is 29.5 Å². The van der Waals surface area contributed by atoms with E-state index in [-0.39, 0.29) is 22.8 Å². The largest absolute Gasteiger partial charge is 0.504 e. The Morgan fingerprint density at radius 3 is 2.62 bits per heavy atom. The summed E-state index contributed by atoms with van der Waals surface area (Å²) in [5.41, 5.74) is 5.72. The van der Waals surface area contributed by atoms with Crippen LogP contribution in [0.1, 0.15) is 47.8 Å². The molecule has 1 fully saturated rings. The predicted octanol–water partition coefficient (Wildman–Crippen LogP) is 6.18. The SMILES string of the molecule is COc1c(O)ccc2c1-c1ccc3c(c1C(=Cc1ccc(F)cc1C(=O)N1CCOCC1)O2)C(C)=CC(C)(C)N3. The normalized spacial score (nSPS) is 18.1. The zero-order valence-electron chi connectivity index (χ0n) is 22.9. The number of hydrogen-bond donors (Lipinski definition) is 2. The molecule has 0 radical (unpaired) electrons. The van der Waals surface area contributed by atoms with E-state index in [2.05, 4.69) is 32.2 Å². The summed E-state index contributed by atoms with van der Waals surface area (Å²) >= 11 is 0. The number of benzene rings is 3. The van der Waals surface area contributed by atoms with E-state index < -0.39 is 5.82 Å². The number of ether oxygens (including phenoxy) is 3. The Morgan fingerprint density at radius 1 is 1.10 bits per heavy atom. The molecule has 0 aromatic heterocycles. The molecule has 6 rings (SSSR count). The van der Waals surface area contributed by atoms with Gasteiger partial charge >= 0.3 is 0 Å². The molecule has 0 saturated carbocycles. The Kier molecular flexibility index (Phi) is 6.30. The van der Waals surface area contributed by atoms with Crippen molar-refractivity contribution in [3.63, 3.8) is 0 Å². The molecular weight excluding hydrogens is 511 g/mol. The number of nitrogens with zero attached hydrogens (tertiary/aromatic N) is 1. The summed E-state index contributed by atoms with van der Waals surface area (Å²) in [6.45, 7) is 8.04. The van der Waals surface area contributed by atoms with Crippen molar-refractivity contribution in [3.05, 3.63) is 76.6 Å². The van der Waals surface area contributed by atoms with Crippen molar-refractivity contribution in [3.8, 4) is 28.4 Å². The van der Waals surface area contributed by atoms with Crippen molar-refractivity contribution in [2.75, 3.05) is 38.7 Å². The summed E-state index contributed by atoms with van der Waals surface area (Å²) in [6.07, 6.45) is 3.95. The molecule has 40 heavy (non-hydrogen) atoms. The van der Waals surface area contributed by atoms with Gasteiger partial charge in [0.15, 0.2) is 11.5 Å². The summed E-state index contributed by atoms with van der Waals surface area (Å²) in [4.78, 5) is 15.2. The minimum absolute atomic E-state index is 0.00408. The molecule has 206 valence electrons. The summed E-state index contributed by atoms with van der Waals surface area (Å²) in [7, 11) is 1.51. The number of halogens is 1. The summed E-state index contributed by atoms with van der Waals surface area (Å²) < 4.78 is 32.0. The average Bonchev–Trinajstić information content (AvgIpc) is 2.93. The first-order valence-electron chi connectivity index (χ1n) is 13.3. The number of allylic oxidation sites excluding steroid dienone is 1. The van der Waals surface area contributed by atoms with Crippen LogP contribution in [0.25, 0.3) is 28.5 Å². The number of amides is 1. The smallest absolute Gasteiger partial charge is 0.254 e. The third kappa shape index (κ3) is 4.38. The molecule has 1 saturated heterocycles. The molecule has 3 aliphatic heterocycles. The third-order valence-electron chi connectivity index (χ3n) is 7.50. The van der Waals surface area contributed by atoms with Crippen LogP contribution in [0.4, 0.5) is 10.1 Å². The minimum atomic E-state index is -0.489. The van der Waals surface area contributed by atoms with Gasteiger partial charge in [-0.3, -0.25) is 4.79 Å². The van der Waals surface area contributed by atoms with Crippen molar-refractivity contribution in [2.24, 2.45) is 0 Å². The van der Waals surface area contributed by atoms with E-state index in [0.29, 0.717) is 54.7 Å². The Morgan fingerprint density at radius 2 is 1.88 bits per heavy atom. The van der Waals surface area contributed by atoms with Crippen LogP contribution in [-0.2, 0) is 4.74 Å². The summed E-state index contributed by atoms with van der Waals surface area (Å²) in [6, 6.07) is 11.4. The Balaban J connectivity index is 1.59. The topological polar surface area (TPSA) is 80.3 Å². The van der Waals surface area contributed by atoms with E-state index in [0.717, 1.165) is 28.0 Å². The second-order valence-electron chi connectivity index (χ2n) is 10.8. The van der Waals surface area contributed by atoms with E-state index in [1.807, 2.05) is 12.1 Å². The first-order chi connectivity index (χ1) is 19.2. The lowest BCUT2D eigenvalue weighted by molar-refractivity contribution is 0.0302. The van der Waals surface area contributed by atoms with Crippen molar-refractivity contribution in [2.45, 2.75) is 26.3 Å². The first kappa shape index (κ1) is 26.0. The van der Waals surface area contributed by atoms with Crippen LogP contribution in [0, 0.1) is 5.82 Å². The molecule has 0 aliphatic carbocycles. The number of anilines is 1. The average molecular weight is 543 g/mol. The highest BCUT2D eigenvalue weighted by Crippen LogP contribution is 2.54. The van der Waals surface area contributed by atoms with Gasteiger partial charge in [0.05, 0.1) is 31.4 Å². The van der Waals surface area contributed by atoms with Crippen molar-refractivity contribution < 1.29 is 28.5 Å². The zero-order chi connectivity index (χ0) is 28.2. The first-order valence-corrected chi connectivity index (χ1v) is 13.3. The lowest BCUT2D eigenvalue weighted by Crippen LogP contribution is -2.41. The van der Waals surface area contributed by atoms with Gasteiger partial charge in [0, 0.05) is 41.0 Å². The van der Waals surface area contributed by atoms with Gasteiger partial charge in [-0.2, -0.15) is 0 Å². The van der Waals surface area contributed by atoms with Crippen LogP contribution in [0.3, 0.4) is 0 Å². The number of methoxy groups -OCH3 is 1. The van der Waals surface area contributed by atoms with Crippen LogP contribution in [-0.4, -0.2) is 54.9 Å². The lowest BCUT2D eigenvalue weighted by Gasteiger charge is -2.35. The molecule has 0 atom stereocenters. The van der Waals surface area contributed by atoms with Crippen molar-refractivity contribution in [1.82, 2.24) is 4.90 Å². The lowest BCUT2D eigenvalue weighted by atomic mass is 9.82. The monoisotopic (exact) mass is 542 g/mol. The molecule has 3 aromatic carbocycles. The predicted molar refractivity (Wildman–Crippen MR) is 153 cm³/mol. The number of nitrogens with one attached hydrogen (secondary N) is 1. The maximum absolute atomic E-state index is 14.5. The maximum Gasteiger partial charge on any atom is 0.254 e. The fourth-order valence-electron chi connectivity index (χ4n) is 5.87. The van der Waals surface area contributed by atoms with Gasteiger partial charge in [-0.25, -0.2) is 4.39 Å². The fraction of sp³-hybridized carbons (Fsp3) is 0.281. The Bertz CT molecular complexity index is 1600. The fourth-order valence-corrected chi connectivity index (χ4v) is 5.87. The molecule has 1 amide bonds. The molecule has 8 heteroatoms. The van der Waals surface area contributed by atoms with Gasteiger partial charge in [0.2, 0.25) is 0 Å². The maximum atomic E-state index is 14.5. The second kappa shape index (κ2) is 9.71. The van der Waals surface area contributed by atoms with Crippen LogP contribution in [0.2, 0.25) is 0 Å². The number of hydrogen-bond acceptors (Lipinski definition) is 6. The molecular formula is C32H31FN2O5. The van der Waals surface area contributed by atoms with Crippen LogP contribution >= 0.6 is 0 Å². The van der Waals surface area contributed by atoms with Gasteiger partial charge in [-0.15, -0.1) is 0 Å². The quantitative estimate of drug-likeness (QED) is 0.412. The molecule has 3 heterocycles.